The first-order valence-corrected chi connectivity index (χ1v) is 10.1. The SMILES string of the molecule is Cc1c[nH]c2ccc(Nc3ncnc4cccc(OC5CCN(C)CC5)c34)cc12. The summed E-state index contributed by atoms with van der Waals surface area (Å²) in [7, 11) is 2.16. The van der Waals surface area contributed by atoms with Crippen LogP contribution in [0.2, 0.25) is 0 Å². The smallest absolute Gasteiger partial charge is 0.145 e. The van der Waals surface area contributed by atoms with Gasteiger partial charge in [-0.05, 0) is 62.7 Å². The Kier molecular flexibility index (Phi) is 4.56. The Morgan fingerprint density at radius 2 is 2.00 bits per heavy atom. The fourth-order valence-corrected chi connectivity index (χ4v) is 4.03. The van der Waals surface area contributed by atoms with E-state index in [1.54, 1.807) is 6.33 Å². The number of benzene rings is 2. The molecule has 0 atom stereocenters. The minimum Gasteiger partial charge on any atom is -0.489 e. The van der Waals surface area contributed by atoms with E-state index in [0.717, 1.165) is 59.6 Å². The standard InChI is InChI=1S/C23H25N5O/c1-15-13-24-19-7-6-16(12-18(15)19)27-23-22-20(25-14-26-23)4-3-5-21(22)29-17-8-10-28(2)11-9-17/h3-7,12-14,17,24H,8-11H2,1-2H3,(H,25,26,27). The number of anilines is 2. The first-order chi connectivity index (χ1) is 14.2. The second-order valence-corrected chi connectivity index (χ2v) is 7.85. The third kappa shape index (κ3) is 3.51. The number of nitrogens with one attached hydrogen (secondary N) is 2. The van der Waals surface area contributed by atoms with Crippen LogP contribution in [0.3, 0.4) is 0 Å². The van der Waals surface area contributed by atoms with Gasteiger partial charge in [0.1, 0.15) is 24.0 Å². The Balaban J connectivity index is 1.50. The van der Waals surface area contributed by atoms with Gasteiger partial charge in [0.25, 0.3) is 0 Å². The molecule has 29 heavy (non-hydrogen) atoms. The molecule has 0 saturated carbocycles. The molecule has 2 aromatic carbocycles. The molecule has 0 radical (unpaired) electrons. The van der Waals surface area contributed by atoms with Crippen LogP contribution in [0, 0.1) is 6.92 Å². The Hall–Kier alpha value is -3.12. The molecule has 148 valence electrons. The molecule has 1 aliphatic rings. The number of aromatic nitrogens is 3. The summed E-state index contributed by atoms with van der Waals surface area (Å²) in [6.45, 7) is 4.23. The molecule has 0 spiro atoms. The van der Waals surface area contributed by atoms with Crippen molar-refractivity contribution in [2.24, 2.45) is 0 Å². The lowest BCUT2D eigenvalue weighted by atomic mass is 10.1. The molecule has 6 nitrogen and oxygen atoms in total. The van der Waals surface area contributed by atoms with Crippen LogP contribution in [0.5, 0.6) is 5.75 Å². The highest BCUT2D eigenvalue weighted by molar-refractivity contribution is 5.96. The van der Waals surface area contributed by atoms with Crippen LogP contribution in [-0.2, 0) is 0 Å². The average Bonchev–Trinajstić information content (AvgIpc) is 3.10. The molecule has 0 amide bonds. The van der Waals surface area contributed by atoms with Crippen LogP contribution in [0.15, 0.2) is 48.9 Å². The summed E-state index contributed by atoms with van der Waals surface area (Å²) in [5.74, 6) is 1.62. The largest absolute Gasteiger partial charge is 0.489 e. The minimum absolute atomic E-state index is 0.226. The van der Waals surface area contributed by atoms with E-state index in [2.05, 4.69) is 57.3 Å². The maximum atomic E-state index is 6.42. The normalized spacial score (nSPS) is 15.8. The van der Waals surface area contributed by atoms with Crippen LogP contribution < -0.4 is 10.1 Å². The highest BCUT2D eigenvalue weighted by Gasteiger charge is 2.20. The maximum absolute atomic E-state index is 6.42. The molecule has 4 aromatic rings. The van der Waals surface area contributed by atoms with E-state index in [1.165, 1.54) is 10.9 Å². The Morgan fingerprint density at radius 1 is 1.14 bits per heavy atom. The number of hydrogen-bond donors (Lipinski definition) is 2. The van der Waals surface area contributed by atoms with Gasteiger partial charge in [-0.25, -0.2) is 9.97 Å². The summed E-state index contributed by atoms with van der Waals surface area (Å²) >= 11 is 0. The molecular weight excluding hydrogens is 362 g/mol. The molecule has 6 heteroatoms. The quantitative estimate of drug-likeness (QED) is 0.534. The minimum atomic E-state index is 0.226. The summed E-state index contributed by atoms with van der Waals surface area (Å²) in [5, 5.41) is 5.62. The van der Waals surface area contributed by atoms with Gasteiger partial charge >= 0.3 is 0 Å². The number of rotatable bonds is 4. The first-order valence-electron chi connectivity index (χ1n) is 10.1. The summed E-state index contributed by atoms with van der Waals surface area (Å²) in [4.78, 5) is 14.6. The van der Waals surface area contributed by atoms with Crippen molar-refractivity contribution >= 4 is 33.3 Å². The van der Waals surface area contributed by atoms with Gasteiger partial charge in [0.05, 0.1) is 10.9 Å². The van der Waals surface area contributed by atoms with Gasteiger partial charge in [0.2, 0.25) is 0 Å². The molecule has 2 aromatic heterocycles. The topological polar surface area (TPSA) is 66.1 Å². The number of hydrogen-bond acceptors (Lipinski definition) is 5. The van der Waals surface area contributed by atoms with Gasteiger partial charge in [-0.3, -0.25) is 0 Å². The van der Waals surface area contributed by atoms with Gasteiger partial charge in [0.15, 0.2) is 0 Å². The van der Waals surface area contributed by atoms with Crippen molar-refractivity contribution in [2.45, 2.75) is 25.9 Å². The maximum Gasteiger partial charge on any atom is 0.145 e. The molecule has 0 bridgehead atoms. The van der Waals surface area contributed by atoms with E-state index >= 15 is 0 Å². The van der Waals surface area contributed by atoms with Crippen LogP contribution in [-0.4, -0.2) is 46.1 Å². The zero-order valence-corrected chi connectivity index (χ0v) is 16.8. The monoisotopic (exact) mass is 387 g/mol. The van der Waals surface area contributed by atoms with E-state index in [9.17, 15) is 0 Å². The van der Waals surface area contributed by atoms with Crippen molar-refractivity contribution in [1.82, 2.24) is 19.9 Å². The van der Waals surface area contributed by atoms with Crippen molar-refractivity contribution < 1.29 is 4.74 Å². The lowest BCUT2D eigenvalue weighted by molar-refractivity contribution is 0.116. The van der Waals surface area contributed by atoms with Gasteiger partial charge in [-0.1, -0.05) is 6.07 Å². The molecule has 0 aliphatic carbocycles. The number of piperidine rings is 1. The summed E-state index contributed by atoms with van der Waals surface area (Å²) in [6, 6.07) is 12.3. The first kappa shape index (κ1) is 17.9. The van der Waals surface area contributed by atoms with Crippen molar-refractivity contribution in [3.8, 4) is 5.75 Å². The van der Waals surface area contributed by atoms with Crippen LogP contribution in [0.4, 0.5) is 11.5 Å². The summed E-state index contributed by atoms with van der Waals surface area (Å²) < 4.78 is 6.42. The van der Waals surface area contributed by atoms with Crippen LogP contribution in [0.25, 0.3) is 21.8 Å². The number of H-pyrrole nitrogens is 1. The lowest BCUT2D eigenvalue weighted by Crippen LogP contribution is -2.35. The van der Waals surface area contributed by atoms with Crippen molar-refractivity contribution in [1.29, 1.82) is 0 Å². The number of nitrogens with zero attached hydrogens (tertiary/aromatic N) is 3. The third-order valence-electron chi connectivity index (χ3n) is 5.74. The predicted octanol–water partition coefficient (Wildman–Crippen LogP) is 4.64. The Morgan fingerprint density at radius 3 is 2.86 bits per heavy atom. The van der Waals surface area contributed by atoms with E-state index in [0.29, 0.717) is 0 Å². The molecular formula is C23H25N5O. The predicted molar refractivity (Wildman–Crippen MR) is 117 cm³/mol. The Bertz CT molecular complexity index is 1160. The molecule has 0 unspecified atom stereocenters. The number of ether oxygens (including phenoxy) is 1. The molecule has 5 rings (SSSR count). The second-order valence-electron chi connectivity index (χ2n) is 7.85. The molecule has 3 heterocycles. The highest BCUT2D eigenvalue weighted by Crippen LogP contribution is 2.33. The van der Waals surface area contributed by atoms with Crippen molar-refractivity contribution in [3.05, 3.63) is 54.5 Å². The molecule has 1 saturated heterocycles. The average molecular weight is 387 g/mol. The second kappa shape index (κ2) is 7.37. The van der Waals surface area contributed by atoms with E-state index in [4.69, 9.17) is 4.74 Å². The van der Waals surface area contributed by atoms with Gasteiger partial charge in [-0.15, -0.1) is 0 Å². The number of aromatic amines is 1. The van der Waals surface area contributed by atoms with E-state index in [1.807, 2.05) is 24.4 Å². The van der Waals surface area contributed by atoms with Crippen molar-refractivity contribution in [2.75, 3.05) is 25.5 Å². The van der Waals surface area contributed by atoms with Gasteiger partial charge in [-0.2, -0.15) is 0 Å². The highest BCUT2D eigenvalue weighted by atomic mass is 16.5. The fraction of sp³-hybridized carbons (Fsp3) is 0.304. The number of aryl methyl sites for hydroxylation is 1. The fourth-order valence-electron chi connectivity index (χ4n) is 4.03. The van der Waals surface area contributed by atoms with Crippen LogP contribution >= 0.6 is 0 Å². The third-order valence-corrected chi connectivity index (χ3v) is 5.74. The molecule has 2 N–H and O–H groups in total. The Labute approximate surface area is 169 Å². The lowest BCUT2D eigenvalue weighted by Gasteiger charge is -2.29. The molecule has 1 aliphatic heterocycles. The zero-order chi connectivity index (χ0) is 19.8. The number of fused-ring (bicyclic) bond motifs is 2. The van der Waals surface area contributed by atoms with Crippen LogP contribution in [0.1, 0.15) is 18.4 Å². The van der Waals surface area contributed by atoms with Gasteiger partial charge in [0, 0.05) is 35.9 Å². The van der Waals surface area contributed by atoms with Crippen molar-refractivity contribution in [3.63, 3.8) is 0 Å². The van der Waals surface area contributed by atoms with Gasteiger partial charge < -0.3 is 19.9 Å². The number of likely N-dealkylation sites (tertiary alicyclic amines) is 1. The van der Waals surface area contributed by atoms with E-state index < -0.39 is 0 Å². The summed E-state index contributed by atoms with van der Waals surface area (Å²) in [6.07, 6.45) is 5.93. The van der Waals surface area contributed by atoms with E-state index in [-0.39, 0.29) is 6.10 Å². The summed E-state index contributed by atoms with van der Waals surface area (Å²) in [5.41, 5.74) is 4.23. The molecule has 1 fully saturated rings. The zero-order valence-electron chi connectivity index (χ0n) is 16.8.